The summed E-state index contributed by atoms with van der Waals surface area (Å²) in [7, 11) is -1.54. The average Bonchev–Trinajstić information content (AvgIpc) is 3.15. The van der Waals surface area contributed by atoms with Crippen molar-refractivity contribution in [3.05, 3.63) is 34.0 Å². The molecular formula is C16H23N3O2S2. The van der Waals surface area contributed by atoms with E-state index in [1.807, 2.05) is 38.6 Å². The molecule has 0 radical (unpaired) electrons. The van der Waals surface area contributed by atoms with Crippen LogP contribution in [0.2, 0.25) is 0 Å². The van der Waals surface area contributed by atoms with Gasteiger partial charge in [-0.05, 0) is 45.2 Å². The first kappa shape index (κ1) is 16.7. The van der Waals surface area contributed by atoms with Crippen LogP contribution in [0.3, 0.4) is 0 Å². The molecule has 1 aliphatic rings. The van der Waals surface area contributed by atoms with Crippen LogP contribution in [-0.2, 0) is 30.0 Å². The second kappa shape index (κ2) is 6.03. The van der Waals surface area contributed by atoms with Crippen molar-refractivity contribution in [2.24, 2.45) is 7.05 Å². The van der Waals surface area contributed by atoms with Gasteiger partial charge in [-0.3, -0.25) is 4.68 Å². The summed E-state index contributed by atoms with van der Waals surface area (Å²) in [4.78, 5) is 1.10. The third-order valence-corrected chi connectivity index (χ3v) is 8.07. The predicted octanol–water partition coefficient (Wildman–Crippen LogP) is 3.01. The summed E-state index contributed by atoms with van der Waals surface area (Å²) in [5.41, 5.74) is 2.96. The number of aromatic nitrogens is 2. The van der Waals surface area contributed by atoms with Crippen LogP contribution >= 0.6 is 11.3 Å². The summed E-state index contributed by atoms with van der Waals surface area (Å²) < 4.78 is 30.1. The Bertz CT molecular complexity index is 816. The fraction of sp³-hybridized carbons (Fsp3) is 0.562. The van der Waals surface area contributed by atoms with Crippen LogP contribution in [0.15, 0.2) is 16.3 Å². The first-order valence-corrected chi connectivity index (χ1v) is 10.2. The van der Waals surface area contributed by atoms with Crippen molar-refractivity contribution < 1.29 is 8.42 Å². The van der Waals surface area contributed by atoms with E-state index in [1.54, 1.807) is 10.4 Å². The first-order valence-electron chi connectivity index (χ1n) is 7.94. The standard InChI is InChI=1S/C16H23N3O2S2/c1-5-14-8-9-16(22-14)23(20,21)19(13-6-7-13)10-15-11(2)17-18(4)12(15)3/h8-9,13H,5-7,10H2,1-4H3. The summed E-state index contributed by atoms with van der Waals surface area (Å²) in [6.45, 7) is 6.40. The van der Waals surface area contributed by atoms with Crippen LogP contribution < -0.4 is 0 Å². The van der Waals surface area contributed by atoms with Crippen molar-refractivity contribution in [2.75, 3.05) is 0 Å². The molecular weight excluding hydrogens is 330 g/mol. The smallest absolute Gasteiger partial charge is 0.253 e. The van der Waals surface area contributed by atoms with Gasteiger partial charge in [0.15, 0.2) is 0 Å². The van der Waals surface area contributed by atoms with E-state index in [0.29, 0.717) is 10.8 Å². The molecule has 1 fully saturated rings. The van der Waals surface area contributed by atoms with Gasteiger partial charge in [0.05, 0.1) is 5.69 Å². The van der Waals surface area contributed by atoms with Crippen molar-refractivity contribution >= 4 is 21.4 Å². The molecule has 0 saturated heterocycles. The van der Waals surface area contributed by atoms with Gasteiger partial charge in [0.25, 0.3) is 10.0 Å². The van der Waals surface area contributed by atoms with Gasteiger partial charge in [0.2, 0.25) is 0 Å². The molecule has 2 heterocycles. The number of rotatable bonds is 6. The average molecular weight is 354 g/mol. The molecule has 23 heavy (non-hydrogen) atoms. The molecule has 0 aromatic carbocycles. The molecule has 0 N–H and O–H groups in total. The van der Waals surface area contributed by atoms with Crippen LogP contribution in [0.25, 0.3) is 0 Å². The third kappa shape index (κ3) is 3.09. The molecule has 2 aromatic rings. The highest BCUT2D eigenvalue weighted by atomic mass is 32.2. The SMILES string of the molecule is CCc1ccc(S(=O)(=O)N(Cc2c(C)nn(C)c2C)C2CC2)s1. The van der Waals surface area contributed by atoms with Crippen molar-refractivity contribution in [3.8, 4) is 0 Å². The Hall–Kier alpha value is -1.18. The van der Waals surface area contributed by atoms with E-state index in [2.05, 4.69) is 5.10 Å². The van der Waals surface area contributed by atoms with Crippen LogP contribution in [0.1, 0.15) is 41.6 Å². The van der Waals surface area contributed by atoms with Gasteiger partial charge < -0.3 is 0 Å². The Labute approximate surface area is 142 Å². The minimum Gasteiger partial charge on any atom is -0.272 e. The molecule has 2 aromatic heterocycles. The van der Waals surface area contributed by atoms with Crippen LogP contribution in [0, 0.1) is 13.8 Å². The molecule has 0 spiro atoms. The summed E-state index contributed by atoms with van der Waals surface area (Å²) in [5.74, 6) is 0. The second-order valence-electron chi connectivity index (χ2n) is 6.13. The number of hydrogen-bond donors (Lipinski definition) is 0. The lowest BCUT2D eigenvalue weighted by atomic mass is 10.2. The lowest BCUT2D eigenvalue weighted by molar-refractivity contribution is 0.398. The lowest BCUT2D eigenvalue weighted by Crippen LogP contribution is -2.32. The zero-order valence-corrected chi connectivity index (χ0v) is 15.7. The highest BCUT2D eigenvalue weighted by Gasteiger charge is 2.39. The number of sulfonamides is 1. The fourth-order valence-electron chi connectivity index (χ4n) is 2.78. The maximum absolute atomic E-state index is 13.1. The summed E-state index contributed by atoms with van der Waals surface area (Å²) >= 11 is 1.39. The summed E-state index contributed by atoms with van der Waals surface area (Å²) in [5, 5.41) is 4.41. The van der Waals surface area contributed by atoms with Gasteiger partial charge in [0, 0.05) is 35.8 Å². The van der Waals surface area contributed by atoms with E-state index >= 15 is 0 Å². The fourth-order valence-corrected chi connectivity index (χ4v) is 5.86. The Morgan fingerprint density at radius 1 is 1.35 bits per heavy atom. The van der Waals surface area contributed by atoms with Crippen molar-refractivity contribution in [1.29, 1.82) is 0 Å². The maximum atomic E-state index is 13.1. The van der Waals surface area contributed by atoms with E-state index in [0.717, 1.165) is 41.1 Å². The van der Waals surface area contributed by atoms with E-state index in [9.17, 15) is 8.42 Å². The molecule has 3 rings (SSSR count). The molecule has 1 saturated carbocycles. The van der Waals surface area contributed by atoms with Gasteiger partial charge in [-0.1, -0.05) is 6.92 Å². The molecule has 126 valence electrons. The lowest BCUT2D eigenvalue weighted by Gasteiger charge is -2.21. The van der Waals surface area contributed by atoms with E-state index in [4.69, 9.17) is 0 Å². The van der Waals surface area contributed by atoms with Crippen LogP contribution in [0.5, 0.6) is 0 Å². The number of thiophene rings is 1. The minimum atomic E-state index is -3.43. The van der Waals surface area contributed by atoms with Crippen molar-refractivity contribution in [2.45, 2.75) is 56.8 Å². The Balaban J connectivity index is 1.95. The van der Waals surface area contributed by atoms with Gasteiger partial charge in [-0.25, -0.2) is 8.42 Å². The topological polar surface area (TPSA) is 55.2 Å². The molecule has 0 amide bonds. The van der Waals surface area contributed by atoms with Gasteiger partial charge in [-0.15, -0.1) is 11.3 Å². The number of nitrogens with zero attached hydrogens (tertiary/aromatic N) is 3. The molecule has 0 aliphatic heterocycles. The highest BCUT2D eigenvalue weighted by Crippen LogP contribution is 2.36. The maximum Gasteiger partial charge on any atom is 0.253 e. The quantitative estimate of drug-likeness (QED) is 0.802. The zero-order valence-electron chi connectivity index (χ0n) is 14.0. The second-order valence-corrected chi connectivity index (χ2v) is 9.41. The summed E-state index contributed by atoms with van der Waals surface area (Å²) in [6, 6.07) is 3.80. The minimum absolute atomic E-state index is 0.131. The van der Waals surface area contributed by atoms with E-state index in [-0.39, 0.29) is 6.04 Å². The number of hydrogen-bond acceptors (Lipinski definition) is 4. The van der Waals surface area contributed by atoms with Crippen molar-refractivity contribution in [1.82, 2.24) is 14.1 Å². The normalized spacial score (nSPS) is 15.5. The van der Waals surface area contributed by atoms with Crippen molar-refractivity contribution in [3.63, 3.8) is 0 Å². The molecule has 1 aliphatic carbocycles. The van der Waals surface area contributed by atoms with Crippen LogP contribution in [-0.4, -0.2) is 28.5 Å². The number of aryl methyl sites for hydroxylation is 3. The van der Waals surface area contributed by atoms with Crippen LogP contribution in [0.4, 0.5) is 0 Å². The predicted molar refractivity (Wildman–Crippen MR) is 92.1 cm³/mol. The third-order valence-electron chi connectivity index (χ3n) is 4.48. The molecule has 7 heteroatoms. The Kier molecular flexibility index (Phi) is 4.37. The monoisotopic (exact) mass is 353 g/mol. The largest absolute Gasteiger partial charge is 0.272 e. The summed E-state index contributed by atoms with van der Waals surface area (Å²) in [6.07, 6.45) is 2.76. The molecule has 0 atom stereocenters. The molecule has 5 nitrogen and oxygen atoms in total. The van der Waals surface area contributed by atoms with Gasteiger partial charge in [0.1, 0.15) is 4.21 Å². The molecule has 0 unspecified atom stereocenters. The highest BCUT2D eigenvalue weighted by molar-refractivity contribution is 7.91. The first-order chi connectivity index (χ1) is 10.8. The van der Waals surface area contributed by atoms with Gasteiger partial charge >= 0.3 is 0 Å². The Morgan fingerprint density at radius 3 is 2.52 bits per heavy atom. The van der Waals surface area contributed by atoms with E-state index < -0.39 is 10.0 Å². The van der Waals surface area contributed by atoms with E-state index in [1.165, 1.54) is 11.3 Å². The molecule has 0 bridgehead atoms. The zero-order chi connectivity index (χ0) is 16.8. The Morgan fingerprint density at radius 2 is 2.04 bits per heavy atom. The van der Waals surface area contributed by atoms with Gasteiger partial charge in [-0.2, -0.15) is 9.40 Å².